The second-order valence-electron chi connectivity index (χ2n) is 7.31. The van der Waals surface area contributed by atoms with Crippen molar-refractivity contribution in [1.82, 2.24) is 15.5 Å². The number of morpholine rings is 1. The van der Waals surface area contributed by atoms with Crippen molar-refractivity contribution in [2.75, 3.05) is 46.4 Å². The third kappa shape index (κ3) is 6.95. The van der Waals surface area contributed by atoms with Gasteiger partial charge in [0.25, 0.3) is 0 Å². The Balaban J connectivity index is 0.00000320. The smallest absolute Gasteiger partial charge is 0.191 e. The molecule has 0 amide bonds. The van der Waals surface area contributed by atoms with Crippen molar-refractivity contribution >= 4 is 29.9 Å². The minimum absolute atomic E-state index is 0. The van der Waals surface area contributed by atoms with E-state index in [2.05, 4.69) is 20.5 Å². The summed E-state index contributed by atoms with van der Waals surface area (Å²) in [6, 6.07) is 9.08. The Kier molecular flexibility index (Phi) is 10.1. The number of rotatable bonds is 7. The molecule has 1 fully saturated rings. The molecule has 6 nitrogen and oxygen atoms in total. The minimum atomic E-state index is -0.195. The highest BCUT2D eigenvalue weighted by atomic mass is 127. The fourth-order valence-electron chi connectivity index (χ4n) is 3.60. The SMILES string of the molecule is CN=C(NCCc1ccc(F)cc1C)NCC(c1ccc(C)o1)N1CCOCC1.I. The number of halogens is 2. The zero-order chi connectivity index (χ0) is 20.6. The number of aliphatic imine (C=N–C) groups is 1. The number of benzene rings is 1. The van der Waals surface area contributed by atoms with Gasteiger partial charge in [0.05, 0.1) is 19.3 Å². The maximum atomic E-state index is 13.3. The number of guanidine groups is 1. The Labute approximate surface area is 195 Å². The van der Waals surface area contributed by atoms with Gasteiger partial charge in [0.2, 0.25) is 0 Å². The van der Waals surface area contributed by atoms with Crippen LogP contribution in [0.3, 0.4) is 0 Å². The van der Waals surface area contributed by atoms with Crippen LogP contribution in [0.4, 0.5) is 4.39 Å². The predicted octanol–water partition coefficient (Wildman–Crippen LogP) is 3.43. The number of furan rings is 1. The molecule has 1 atom stereocenters. The van der Waals surface area contributed by atoms with Gasteiger partial charge in [-0.2, -0.15) is 0 Å². The second-order valence-corrected chi connectivity index (χ2v) is 7.31. The van der Waals surface area contributed by atoms with Gasteiger partial charge in [-0.3, -0.25) is 9.89 Å². The molecule has 0 bridgehead atoms. The molecule has 166 valence electrons. The van der Waals surface area contributed by atoms with Crippen molar-refractivity contribution in [3.05, 3.63) is 58.8 Å². The molecule has 3 rings (SSSR count). The summed E-state index contributed by atoms with van der Waals surface area (Å²) in [5.41, 5.74) is 2.10. The molecule has 0 saturated carbocycles. The van der Waals surface area contributed by atoms with Crippen molar-refractivity contribution in [3.8, 4) is 0 Å². The Hall–Kier alpha value is -1.65. The van der Waals surface area contributed by atoms with E-state index >= 15 is 0 Å². The molecule has 1 aromatic carbocycles. The minimum Gasteiger partial charge on any atom is -0.465 e. The maximum Gasteiger partial charge on any atom is 0.191 e. The summed E-state index contributed by atoms with van der Waals surface area (Å²) in [5, 5.41) is 6.77. The normalized spacial score (nSPS) is 16.1. The van der Waals surface area contributed by atoms with Crippen LogP contribution in [0.5, 0.6) is 0 Å². The van der Waals surface area contributed by atoms with Crippen molar-refractivity contribution in [2.24, 2.45) is 4.99 Å². The third-order valence-corrected chi connectivity index (χ3v) is 5.25. The van der Waals surface area contributed by atoms with Gasteiger partial charge in [0.1, 0.15) is 17.3 Å². The summed E-state index contributed by atoms with van der Waals surface area (Å²) in [6.45, 7) is 8.52. The molecule has 1 aliphatic heterocycles. The summed E-state index contributed by atoms with van der Waals surface area (Å²) in [6.07, 6.45) is 0.803. The van der Waals surface area contributed by atoms with Crippen molar-refractivity contribution < 1.29 is 13.5 Å². The first-order valence-electron chi connectivity index (χ1n) is 10.1. The molecule has 1 aliphatic rings. The van der Waals surface area contributed by atoms with Gasteiger partial charge in [0.15, 0.2) is 5.96 Å². The topological polar surface area (TPSA) is 62.0 Å². The average Bonchev–Trinajstić information content (AvgIpc) is 3.15. The lowest BCUT2D eigenvalue weighted by molar-refractivity contribution is 0.0124. The molecule has 30 heavy (non-hydrogen) atoms. The molecule has 1 aromatic heterocycles. The zero-order valence-electron chi connectivity index (χ0n) is 17.9. The van der Waals surface area contributed by atoms with Crippen LogP contribution in [0.1, 0.15) is 28.7 Å². The molecule has 2 N–H and O–H groups in total. The highest BCUT2D eigenvalue weighted by Crippen LogP contribution is 2.23. The molecule has 2 aromatic rings. The molecule has 2 heterocycles. The third-order valence-electron chi connectivity index (χ3n) is 5.25. The predicted molar refractivity (Wildman–Crippen MR) is 128 cm³/mol. The Bertz CT molecular complexity index is 821. The number of hydrogen-bond acceptors (Lipinski definition) is 4. The van der Waals surface area contributed by atoms with Gasteiger partial charge >= 0.3 is 0 Å². The Morgan fingerprint density at radius 3 is 2.57 bits per heavy atom. The van der Waals surface area contributed by atoms with Gasteiger partial charge in [-0.25, -0.2) is 4.39 Å². The highest BCUT2D eigenvalue weighted by molar-refractivity contribution is 14.0. The van der Waals surface area contributed by atoms with Crippen molar-refractivity contribution in [2.45, 2.75) is 26.3 Å². The number of nitrogens with one attached hydrogen (secondary N) is 2. The standard InChI is InChI=1S/C22H31FN4O2.HI/c1-16-14-19(23)6-5-18(16)8-9-25-22(24-3)26-15-20(21-7-4-17(2)29-21)27-10-12-28-13-11-27;/h4-7,14,20H,8-13,15H2,1-3H3,(H2,24,25,26);1H. The largest absolute Gasteiger partial charge is 0.465 e. The molecule has 0 spiro atoms. The molecule has 1 saturated heterocycles. The van der Waals surface area contributed by atoms with E-state index in [1.165, 1.54) is 6.07 Å². The number of hydrogen-bond donors (Lipinski definition) is 2. The first-order valence-corrected chi connectivity index (χ1v) is 10.1. The molecule has 1 unspecified atom stereocenters. The highest BCUT2D eigenvalue weighted by Gasteiger charge is 2.25. The van der Waals surface area contributed by atoms with Crippen LogP contribution in [0.25, 0.3) is 0 Å². The number of nitrogens with zero attached hydrogens (tertiary/aromatic N) is 2. The fraction of sp³-hybridized carbons (Fsp3) is 0.500. The summed E-state index contributed by atoms with van der Waals surface area (Å²) in [7, 11) is 1.76. The van der Waals surface area contributed by atoms with Gasteiger partial charge < -0.3 is 19.8 Å². The van der Waals surface area contributed by atoms with E-state index < -0.39 is 0 Å². The van der Waals surface area contributed by atoms with E-state index in [1.807, 2.05) is 32.0 Å². The number of aryl methyl sites for hydroxylation is 2. The average molecular weight is 530 g/mol. The van der Waals surface area contributed by atoms with Gasteiger partial charge in [-0.15, -0.1) is 24.0 Å². The van der Waals surface area contributed by atoms with E-state index in [0.717, 1.165) is 61.3 Å². The summed E-state index contributed by atoms with van der Waals surface area (Å²) >= 11 is 0. The summed E-state index contributed by atoms with van der Waals surface area (Å²) < 4.78 is 24.7. The van der Waals surface area contributed by atoms with E-state index in [9.17, 15) is 4.39 Å². The lowest BCUT2D eigenvalue weighted by Crippen LogP contribution is -2.46. The summed E-state index contributed by atoms with van der Waals surface area (Å²) in [5.74, 6) is 2.41. The second kappa shape index (κ2) is 12.3. The van der Waals surface area contributed by atoms with Gasteiger partial charge in [-0.1, -0.05) is 6.07 Å². The number of ether oxygens (including phenoxy) is 1. The van der Waals surface area contributed by atoms with Crippen LogP contribution in [-0.2, 0) is 11.2 Å². The Morgan fingerprint density at radius 2 is 1.93 bits per heavy atom. The Morgan fingerprint density at radius 1 is 1.17 bits per heavy atom. The van der Waals surface area contributed by atoms with Crippen LogP contribution >= 0.6 is 24.0 Å². The van der Waals surface area contributed by atoms with Crippen LogP contribution in [0.15, 0.2) is 39.7 Å². The van der Waals surface area contributed by atoms with Crippen LogP contribution in [-0.4, -0.2) is 57.3 Å². The maximum absolute atomic E-state index is 13.3. The van der Waals surface area contributed by atoms with E-state index in [1.54, 1.807) is 13.1 Å². The van der Waals surface area contributed by atoms with Crippen LogP contribution in [0, 0.1) is 19.7 Å². The molecule has 0 aliphatic carbocycles. The van der Waals surface area contributed by atoms with Crippen molar-refractivity contribution in [3.63, 3.8) is 0 Å². The molecular formula is C22H32FIN4O2. The molecular weight excluding hydrogens is 498 g/mol. The van der Waals surface area contributed by atoms with E-state index in [0.29, 0.717) is 13.1 Å². The quantitative estimate of drug-likeness (QED) is 0.327. The fourth-order valence-corrected chi connectivity index (χ4v) is 3.60. The van der Waals surface area contributed by atoms with Crippen molar-refractivity contribution in [1.29, 1.82) is 0 Å². The summed E-state index contributed by atoms with van der Waals surface area (Å²) in [4.78, 5) is 6.71. The van der Waals surface area contributed by atoms with Crippen LogP contribution in [0.2, 0.25) is 0 Å². The lowest BCUT2D eigenvalue weighted by atomic mass is 10.1. The van der Waals surface area contributed by atoms with E-state index in [4.69, 9.17) is 9.15 Å². The first-order chi connectivity index (χ1) is 14.1. The zero-order valence-corrected chi connectivity index (χ0v) is 20.2. The molecule has 8 heteroatoms. The molecule has 0 radical (unpaired) electrons. The first kappa shape index (κ1) is 24.6. The van der Waals surface area contributed by atoms with Gasteiger partial charge in [-0.05, 0) is 55.7 Å². The van der Waals surface area contributed by atoms with E-state index in [-0.39, 0.29) is 35.8 Å². The van der Waals surface area contributed by atoms with Crippen LogP contribution < -0.4 is 10.6 Å². The monoisotopic (exact) mass is 530 g/mol. The van der Waals surface area contributed by atoms with Gasteiger partial charge in [0, 0.05) is 33.2 Å². The lowest BCUT2D eigenvalue weighted by Gasteiger charge is -2.33.